The molecule has 0 radical (unpaired) electrons. The fraction of sp³-hybridized carbons (Fsp3) is 0.365. The van der Waals surface area contributed by atoms with E-state index in [4.69, 9.17) is 21.1 Å². The molecule has 0 bridgehead atoms. The number of imide groups is 1. The van der Waals surface area contributed by atoms with E-state index in [0.717, 1.165) is 56.0 Å². The smallest absolute Gasteiger partial charge is 0.293 e. The van der Waals surface area contributed by atoms with Gasteiger partial charge in [-0.2, -0.15) is 0 Å². The number of fused-ring (bicyclic) bond motifs is 2. The zero-order valence-electron chi connectivity index (χ0n) is 47.7. The molecule has 86 heavy (non-hydrogen) atoms. The molecule has 11 rings (SSSR count). The van der Waals surface area contributed by atoms with E-state index in [9.17, 15) is 42.5 Å². The van der Waals surface area contributed by atoms with Gasteiger partial charge in [0.2, 0.25) is 17.7 Å². The van der Waals surface area contributed by atoms with Crippen molar-refractivity contribution in [1.82, 2.24) is 34.7 Å². The second kappa shape index (κ2) is 25.1. The molecule has 5 aliphatic rings. The Morgan fingerprint density at radius 3 is 2.56 bits per heavy atom. The molecular weight excluding hydrogens is 1140 g/mol. The van der Waals surface area contributed by atoms with Gasteiger partial charge >= 0.3 is 0 Å². The van der Waals surface area contributed by atoms with Gasteiger partial charge < -0.3 is 34.5 Å². The summed E-state index contributed by atoms with van der Waals surface area (Å²) in [4.78, 5) is 91.4. The predicted octanol–water partition coefficient (Wildman–Crippen LogP) is 8.30. The van der Waals surface area contributed by atoms with E-state index in [-0.39, 0.29) is 85.2 Å². The molecule has 2 aromatic heterocycles. The number of carbonyl (C=O) groups excluding carboxylic acids is 5. The van der Waals surface area contributed by atoms with Crippen molar-refractivity contribution >= 4 is 84.8 Å². The number of anilines is 2. The third-order valence-corrected chi connectivity index (χ3v) is 18.3. The number of pyridine rings is 1. The number of piperidine rings is 2. The number of nitro benzene ring substituents is 1. The van der Waals surface area contributed by atoms with E-state index >= 15 is 0 Å². The third-order valence-electron chi connectivity index (χ3n) is 16.7. The number of nitrogens with zero attached hydrogens (tertiary/aromatic N) is 6. The molecule has 3 fully saturated rings. The maximum absolute atomic E-state index is 14.2. The van der Waals surface area contributed by atoms with Gasteiger partial charge in [0.05, 0.1) is 21.6 Å². The van der Waals surface area contributed by atoms with Crippen LogP contribution in [0.5, 0.6) is 11.5 Å². The van der Waals surface area contributed by atoms with E-state index in [0.29, 0.717) is 72.1 Å². The maximum Gasteiger partial charge on any atom is 0.293 e. The standard InChI is InChI=1S/C63H65ClN10O11S/c1-63(2)22-20-44(51(33-63)42-10-12-45(64)13-11-42)37-70-25-27-71(28-26-70)46-14-16-50(56(31-46)85-47-30-43-21-23-65-59(43)67-35-47)60(77)69-86(82,83)48-15-17-53(55(32-48)74(80)81)66-34-40-6-4-24-72(36-40)58(76)39-84-29-5-8-41-7-3-9-49-52(41)38-73(62(49)79)54-18-19-57(75)68-61(54)78/h3,7,9-17,21,23,30-32,35,40,54,66H,4,6,18-20,22,24-29,33-34,36-39H2,1-2H3,(H,65,67)(H,69,77)(H,68,75,78). The zero-order chi connectivity index (χ0) is 60.3. The summed E-state index contributed by atoms with van der Waals surface area (Å²) in [5, 5.41) is 19.4. The molecule has 4 aliphatic heterocycles. The number of piperazine rings is 1. The predicted molar refractivity (Wildman–Crippen MR) is 323 cm³/mol. The Morgan fingerprint density at radius 2 is 1.77 bits per heavy atom. The third kappa shape index (κ3) is 13.4. The van der Waals surface area contributed by atoms with Gasteiger partial charge in [-0.25, -0.2) is 18.1 Å². The molecule has 4 aromatic carbocycles. The van der Waals surface area contributed by atoms with Crippen molar-refractivity contribution in [2.75, 3.05) is 75.8 Å². The lowest BCUT2D eigenvalue weighted by Gasteiger charge is -2.39. The first-order chi connectivity index (χ1) is 41.3. The minimum atomic E-state index is -4.69. The van der Waals surface area contributed by atoms with Crippen LogP contribution in [0.25, 0.3) is 16.6 Å². The molecule has 4 N–H and O–H groups in total. The lowest BCUT2D eigenvalue weighted by atomic mass is 9.72. The van der Waals surface area contributed by atoms with Crippen LogP contribution in [0.15, 0.2) is 114 Å². The molecule has 0 saturated carbocycles. The van der Waals surface area contributed by atoms with Gasteiger partial charge in [0.1, 0.15) is 42.1 Å². The average molecular weight is 1210 g/mol. The molecule has 6 heterocycles. The van der Waals surface area contributed by atoms with Gasteiger partial charge in [0.25, 0.3) is 27.5 Å². The van der Waals surface area contributed by atoms with Crippen molar-refractivity contribution in [3.63, 3.8) is 0 Å². The van der Waals surface area contributed by atoms with E-state index < -0.39 is 43.4 Å². The number of sulfonamides is 1. The number of nitro groups is 1. The molecule has 5 amide bonds. The highest BCUT2D eigenvalue weighted by molar-refractivity contribution is 7.90. The molecule has 3 saturated heterocycles. The first-order valence-corrected chi connectivity index (χ1v) is 30.6. The first-order valence-electron chi connectivity index (χ1n) is 28.7. The SMILES string of the molecule is CC1(C)CCC(CN2CCN(c3ccc(C(=O)NS(=O)(=O)c4ccc(NCC5CCCN(C(=O)COCC#Cc6cccc7c6CN(C6CCC(=O)NC6=O)C7=O)C5)c([N+](=O)[O-])c4)c(Oc4cnc5[nH]ccc5c4)c3)CC2)=C(c2ccc(Cl)cc2)C1. The molecule has 21 nitrogen and oxygen atoms in total. The van der Waals surface area contributed by atoms with Gasteiger partial charge in [0, 0.05) is 111 Å². The lowest BCUT2D eigenvalue weighted by molar-refractivity contribution is -0.384. The van der Waals surface area contributed by atoms with Crippen molar-refractivity contribution in [3.8, 4) is 23.3 Å². The maximum atomic E-state index is 14.2. The first kappa shape index (κ1) is 59.1. The Bertz CT molecular complexity index is 3890. The number of hydrogen-bond donors (Lipinski definition) is 4. The number of hydrogen-bond acceptors (Lipinski definition) is 15. The van der Waals surface area contributed by atoms with Crippen LogP contribution in [0.4, 0.5) is 17.1 Å². The summed E-state index contributed by atoms with van der Waals surface area (Å²) in [5.41, 5.74) is 6.77. The molecule has 23 heteroatoms. The number of nitrogens with one attached hydrogen (secondary N) is 4. The largest absolute Gasteiger partial charge is 0.455 e. The highest BCUT2D eigenvalue weighted by Gasteiger charge is 2.40. The molecule has 6 aromatic rings. The van der Waals surface area contributed by atoms with Gasteiger partial charge in [0.15, 0.2) is 0 Å². The fourth-order valence-electron chi connectivity index (χ4n) is 12.0. The number of H-pyrrole nitrogens is 1. The number of benzene rings is 4. The van der Waals surface area contributed by atoms with Crippen LogP contribution in [-0.2, 0) is 35.7 Å². The summed E-state index contributed by atoms with van der Waals surface area (Å²) in [6.45, 7) is 9.34. The summed E-state index contributed by atoms with van der Waals surface area (Å²) in [5.74, 6) is 3.77. The molecule has 2 unspecified atom stereocenters. The summed E-state index contributed by atoms with van der Waals surface area (Å²) in [6, 6.07) is 24.4. The number of halogens is 1. The summed E-state index contributed by atoms with van der Waals surface area (Å²) < 4.78 is 42.1. The highest BCUT2D eigenvalue weighted by Crippen LogP contribution is 2.44. The Morgan fingerprint density at radius 1 is 0.953 bits per heavy atom. The van der Waals surface area contributed by atoms with E-state index in [1.165, 1.54) is 46.0 Å². The van der Waals surface area contributed by atoms with E-state index in [2.05, 4.69) is 72.9 Å². The Hall–Kier alpha value is -8.62. The van der Waals surface area contributed by atoms with Gasteiger partial charge in [-0.15, -0.1) is 0 Å². The second-order valence-electron chi connectivity index (χ2n) is 23.2. The van der Waals surface area contributed by atoms with Crippen LogP contribution in [0, 0.1) is 33.3 Å². The van der Waals surface area contributed by atoms with E-state index in [1.54, 1.807) is 47.5 Å². The summed E-state index contributed by atoms with van der Waals surface area (Å²) in [7, 11) is -4.69. The molecule has 446 valence electrons. The molecule has 2 atom stereocenters. The normalized spacial score (nSPS) is 19.0. The minimum absolute atomic E-state index is 0.0562. The van der Waals surface area contributed by atoms with Gasteiger partial charge in [-0.1, -0.05) is 61.1 Å². The second-order valence-corrected chi connectivity index (χ2v) is 25.3. The number of rotatable bonds is 17. The Kier molecular flexibility index (Phi) is 17.3. The van der Waals surface area contributed by atoms with Crippen molar-refractivity contribution in [2.45, 2.75) is 76.3 Å². The lowest BCUT2D eigenvalue weighted by Crippen LogP contribution is -2.52. The number of amides is 5. The zero-order valence-corrected chi connectivity index (χ0v) is 49.2. The van der Waals surface area contributed by atoms with Crippen LogP contribution in [0.3, 0.4) is 0 Å². The minimum Gasteiger partial charge on any atom is -0.455 e. The number of allylic oxidation sites excluding steroid dienone is 1. The number of aromatic amines is 1. The van der Waals surface area contributed by atoms with E-state index in [1.807, 2.05) is 18.2 Å². The molecule has 1 aliphatic carbocycles. The quantitative estimate of drug-likeness (QED) is 0.0220. The molecular formula is C63H65ClN10O11S. The Balaban J connectivity index is 0.705. The topological polar surface area (TPSA) is 259 Å². The van der Waals surface area contributed by atoms with Crippen LogP contribution < -0.4 is 25.0 Å². The highest BCUT2D eigenvalue weighted by atomic mass is 35.5. The summed E-state index contributed by atoms with van der Waals surface area (Å²) in [6.07, 6.45) is 8.13. The number of likely N-dealkylation sites (tertiary alicyclic amines) is 1. The monoisotopic (exact) mass is 1200 g/mol. The van der Waals surface area contributed by atoms with Crippen LogP contribution in [0.1, 0.15) is 96.2 Å². The van der Waals surface area contributed by atoms with Crippen LogP contribution in [0.2, 0.25) is 5.02 Å². The number of carbonyl (C=O) groups is 5. The fourth-order valence-corrected chi connectivity index (χ4v) is 13.1. The molecule has 0 spiro atoms. The number of aromatic nitrogens is 2. The van der Waals surface area contributed by atoms with Crippen molar-refractivity contribution in [3.05, 3.63) is 152 Å². The summed E-state index contributed by atoms with van der Waals surface area (Å²) >= 11 is 6.27. The van der Waals surface area contributed by atoms with Gasteiger partial charge in [-0.05, 0) is 127 Å². The van der Waals surface area contributed by atoms with Gasteiger partial charge in [-0.3, -0.25) is 44.3 Å². The number of ether oxygens (including phenoxy) is 2. The van der Waals surface area contributed by atoms with Crippen molar-refractivity contribution < 1.29 is 46.8 Å². The van der Waals surface area contributed by atoms with Crippen LogP contribution in [-0.4, -0.2) is 139 Å². The Labute approximate surface area is 502 Å². The van der Waals surface area contributed by atoms with Crippen LogP contribution >= 0.6 is 11.6 Å². The van der Waals surface area contributed by atoms with Crippen molar-refractivity contribution in [2.24, 2.45) is 11.3 Å². The van der Waals surface area contributed by atoms with Crippen molar-refractivity contribution in [1.29, 1.82) is 0 Å². The average Bonchev–Trinajstić information content (AvgIpc) is 2.32.